The molecule has 0 saturated heterocycles. The average Bonchev–Trinajstić information content (AvgIpc) is 3.19. The topological polar surface area (TPSA) is 73.2 Å². The van der Waals surface area contributed by atoms with Crippen LogP contribution in [0.2, 0.25) is 5.02 Å². The minimum atomic E-state index is -1.01. The molecule has 2 aromatic carbocycles. The molecule has 1 amide bonds. The lowest BCUT2D eigenvalue weighted by Crippen LogP contribution is -2.17. The van der Waals surface area contributed by atoms with E-state index in [4.69, 9.17) is 16.3 Å². The second-order valence-electron chi connectivity index (χ2n) is 6.28. The van der Waals surface area contributed by atoms with Crippen LogP contribution in [0.4, 0.5) is 5.82 Å². The predicted octanol–water partition coefficient (Wildman–Crippen LogP) is 3.94. The van der Waals surface area contributed by atoms with Crippen molar-refractivity contribution in [1.29, 1.82) is 0 Å². The fraction of sp³-hybridized carbons (Fsp3) is 0.200. The first-order valence-corrected chi connectivity index (χ1v) is 10.7. The zero-order valence-electron chi connectivity index (χ0n) is 15.1. The highest BCUT2D eigenvalue weighted by Crippen LogP contribution is 2.32. The molecule has 6 nitrogen and oxygen atoms in total. The Bertz CT molecular complexity index is 1080. The fourth-order valence-electron chi connectivity index (χ4n) is 3.16. The second kappa shape index (κ2) is 7.77. The van der Waals surface area contributed by atoms with Crippen LogP contribution < -0.4 is 10.1 Å². The molecule has 0 aliphatic carbocycles. The molecule has 1 aliphatic rings. The lowest BCUT2D eigenvalue weighted by molar-refractivity contribution is 0.102. The van der Waals surface area contributed by atoms with Crippen molar-refractivity contribution in [2.24, 2.45) is 0 Å². The quantitative estimate of drug-likeness (QED) is 0.685. The van der Waals surface area contributed by atoms with Crippen molar-refractivity contribution < 1.29 is 13.7 Å². The molecule has 8 heteroatoms. The number of ether oxygens (including phenoxy) is 1. The summed E-state index contributed by atoms with van der Waals surface area (Å²) in [6.07, 6.45) is 0. The van der Waals surface area contributed by atoms with Crippen LogP contribution in [0, 0.1) is 0 Å². The molecule has 28 heavy (non-hydrogen) atoms. The number of nitrogens with one attached hydrogen (secondary N) is 1. The van der Waals surface area contributed by atoms with Gasteiger partial charge in [0.15, 0.2) is 0 Å². The zero-order chi connectivity index (χ0) is 19.7. The molecular formula is C20H18ClN3O3S. The number of hydrogen-bond acceptors (Lipinski definition) is 4. The largest absolute Gasteiger partial charge is 0.493 e. The summed E-state index contributed by atoms with van der Waals surface area (Å²) in [5.74, 6) is 1.45. The maximum Gasteiger partial charge on any atom is 0.260 e. The molecule has 0 spiro atoms. The first kappa shape index (κ1) is 18.7. The summed E-state index contributed by atoms with van der Waals surface area (Å²) >= 11 is 6.13. The van der Waals surface area contributed by atoms with Crippen LogP contribution in [0.15, 0.2) is 48.5 Å². The molecule has 1 N–H and O–H groups in total. The molecule has 0 radical (unpaired) electrons. The Kier molecular flexibility index (Phi) is 5.19. The Balaban J connectivity index is 1.75. The van der Waals surface area contributed by atoms with Crippen LogP contribution in [0.5, 0.6) is 5.75 Å². The molecule has 144 valence electrons. The molecule has 2 heterocycles. The normalized spacial score (nSPS) is 15.3. The average molecular weight is 416 g/mol. The van der Waals surface area contributed by atoms with Gasteiger partial charge >= 0.3 is 0 Å². The first-order valence-electron chi connectivity index (χ1n) is 8.81. The van der Waals surface area contributed by atoms with Gasteiger partial charge in [0.05, 0.1) is 35.1 Å². The number of hydrogen-bond donors (Lipinski definition) is 1. The number of halogens is 1. The van der Waals surface area contributed by atoms with E-state index in [0.717, 1.165) is 16.9 Å². The van der Waals surface area contributed by atoms with Gasteiger partial charge in [0.2, 0.25) is 0 Å². The van der Waals surface area contributed by atoms with Crippen LogP contribution >= 0.6 is 11.6 Å². The van der Waals surface area contributed by atoms with Crippen molar-refractivity contribution in [2.45, 2.75) is 18.4 Å². The summed E-state index contributed by atoms with van der Waals surface area (Å²) in [7, 11) is -1.01. The van der Waals surface area contributed by atoms with Crippen molar-refractivity contribution >= 4 is 34.1 Å². The monoisotopic (exact) mass is 415 g/mol. The third-order valence-electron chi connectivity index (χ3n) is 4.39. The third-order valence-corrected chi connectivity index (χ3v) is 5.83. The van der Waals surface area contributed by atoms with Crippen LogP contribution in [0.25, 0.3) is 5.69 Å². The highest BCUT2D eigenvalue weighted by molar-refractivity contribution is 7.83. The minimum absolute atomic E-state index is 0.312. The Labute approximate surface area is 169 Å². The SMILES string of the molecule is CCOc1ccccc1C(=O)Nc1c2c(nn1-c1cccc(Cl)c1)C[S@@](=O)C2. The van der Waals surface area contributed by atoms with Crippen molar-refractivity contribution in [1.82, 2.24) is 9.78 Å². The van der Waals surface area contributed by atoms with Crippen LogP contribution in [0.3, 0.4) is 0 Å². The maximum absolute atomic E-state index is 13.0. The van der Waals surface area contributed by atoms with E-state index in [1.807, 2.05) is 25.1 Å². The van der Waals surface area contributed by atoms with Gasteiger partial charge in [-0.15, -0.1) is 0 Å². The van der Waals surface area contributed by atoms with Gasteiger partial charge in [-0.1, -0.05) is 29.8 Å². The van der Waals surface area contributed by atoms with E-state index in [2.05, 4.69) is 10.4 Å². The van der Waals surface area contributed by atoms with Gasteiger partial charge in [0.25, 0.3) is 5.91 Å². The van der Waals surface area contributed by atoms with E-state index in [0.29, 0.717) is 40.3 Å². The van der Waals surface area contributed by atoms with E-state index in [1.54, 1.807) is 35.0 Å². The highest BCUT2D eigenvalue weighted by atomic mass is 35.5. The van der Waals surface area contributed by atoms with Crippen molar-refractivity contribution in [3.8, 4) is 11.4 Å². The Morgan fingerprint density at radius 3 is 2.86 bits per heavy atom. The Morgan fingerprint density at radius 1 is 1.25 bits per heavy atom. The molecule has 1 atom stereocenters. The van der Waals surface area contributed by atoms with Gasteiger partial charge in [-0.2, -0.15) is 5.10 Å². The van der Waals surface area contributed by atoms with E-state index >= 15 is 0 Å². The number of carbonyl (C=O) groups excluding carboxylic acids is 1. The van der Waals surface area contributed by atoms with Gasteiger partial charge in [0.1, 0.15) is 11.6 Å². The number of carbonyl (C=O) groups is 1. The summed E-state index contributed by atoms with van der Waals surface area (Å²) in [5.41, 5.74) is 2.67. The summed E-state index contributed by atoms with van der Waals surface area (Å²) in [5, 5.41) is 8.09. The lowest BCUT2D eigenvalue weighted by atomic mass is 10.2. The molecular weight excluding hydrogens is 398 g/mol. The van der Waals surface area contributed by atoms with Gasteiger partial charge in [-0.25, -0.2) is 4.68 Å². The third kappa shape index (κ3) is 3.55. The lowest BCUT2D eigenvalue weighted by Gasteiger charge is -2.13. The van der Waals surface area contributed by atoms with Gasteiger partial charge in [-0.3, -0.25) is 9.00 Å². The number of rotatable bonds is 5. The van der Waals surface area contributed by atoms with Crippen molar-refractivity contribution in [2.75, 3.05) is 11.9 Å². The minimum Gasteiger partial charge on any atom is -0.493 e. The number of fused-ring (bicyclic) bond motifs is 1. The van der Waals surface area contributed by atoms with Crippen LogP contribution in [0.1, 0.15) is 28.5 Å². The van der Waals surface area contributed by atoms with E-state index in [1.165, 1.54) is 0 Å². The maximum atomic E-state index is 13.0. The summed E-state index contributed by atoms with van der Waals surface area (Å²) in [6.45, 7) is 2.32. The number of para-hydroxylation sites is 1. The van der Waals surface area contributed by atoms with E-state index < -0.39 is 10.8 Å². The fourth-order valence-corrected chi connectivity index (χ4v) is 4.61. The molecule has 0 saturated carbocycles. The number of aromatic nitrogens is 2. The van der Waals surface area contributed by atoms with Gasteiger partial charge in [0, 0.05) is 21.4 Å². The molecule has 3 aromatic rings. The van der Waals surface area contributed by atoms with Crippen LogP contribution in [-0.4, -0.2) is 26.5 Å². The molecule has 0 bridgehead atoms. The highest BCUT2D eigenvalue weighted by Gasteiger charge is 2.29. The first-order chi connectivity index (χ1) is 13.6. The molecule has 0 unspecified atom stereocenters. The van der Waals surface area contributed by atoms with Crippen molar-refractivity contribution in [3.05, 3.63) is 70.4 Å². The Morgan fingerprint density at radius 2 is 2.07 bits per heavy atom. The van der Waals surface area contributed by atoms with Crippen molar-refractivity contribution in [3.63, 3.8) is 0 Å². The molecule has 1 aliphatic heterocycles. The number of anilines is 1. The standard InChI is InChI=1S/C20H18ClN3O3S/c1-2-27-18-9-4-3-8-15(18)20(25)22-19-16-11-28(26)12-17(16)23-24(19)14-7-5-6-13(21)10-14/h3-10H,2,11-12H2,1H3,(H,22,25)/t28-/m0/s1. The van der Waals surface area contributed by atoms with Gasteiger partial charge < -0.3 is 10.1 Å². The molecule has 1 aromatic heterocycles. The number of amides is 1. The number of benzene rings is 2. The summed E-state index contributed by atoms with van der Waals surface area (Å²) in [4.78, 5) is 13.0. The Hall–Kier alpha value is -2.64. The predicted molar refractivity (Wildman–Crippen MR) is 110 cm³/mol. The second-order valence-corrected chi connectivity index (χ2v) is 8.17. The van der Waals surface area contributed by atoms with E-state index in [-0.39, 0.29) is 5.91 Å². The smallest absolute Gasteiger partial charge is 0.260 e. The molecule has 4 rings (SSSR count). The van der Waals surface area contributed by atoms with Gasteiger partial charge in [-0.05, 0) is 37.3 Å². The van der Waals surface area contributed by atoms with E-state index in [9.17, 15) is 9.00 Å². The van der Waals surface area contributed by atoms with Crippen LogP contribution in [-0.2, 0) is 22.3 Å². The molecule has 0 fully saturated rings. The summed E-state index contributed by atoms with van der Waals surface area (Å²) < 4.78 is 19.2. The zero-order valence-corrected chi connectivity index (χ0v) is 16.7. The summed E-state index contributed by atoms with van der Waals surface area (Å²) in [6, 6.07) is 14.3. The number of nitrogens with zero attached hydrogens (tertiary/aromatic N) is 2.